The smallest absolute Gasteiger partial charge is 0.315 e. The Morgan fingerprint density at radius 3 is 2.10 bits per heavy atom. The minimum Gasteiger partial charge on any atom is -0.363 e. The van der Waals surface area contributed by atoms with Gasteiger partial charge in [-0.05, 0) is 57.8 Å². The van der Waals surface area contributed by atoms with Crippen LogP contribution >= 0.6 is 0 Å². The van der Waals surface area contributed by atoms with Gasteiger partial charge in [-0.3, -0.25) is 23.4 Å². The summed E-state index contributed by atoms with van der Waals surface area (Å²) >= 11 is 0. The fraction of sp³-hybridized carbons (Fsp3) is 0.828. The maximum Gasteiger partial charge on any atom is 0.315 e. The van der Waals surface area contributed by atoms with E-state index in [9.17, 15) is 28.2 Å². The van der Waals surface area contributed by atoms with E-state index in [-0.39, 0.29) is 18.4 Å². The second-order valence-corrected chi connectivity index (χ2v) is 15.5. The molecule has 1 saturated heterocycles. The summed E-state index contributed by atoms with van der Waals surface area (Å²) in [6, 6.07) is -3.73. The SMILES string of the molecule is CCCC(CS(=O)C(C)(C)C)NC(=O)NC(C(=O)N1CCC[C@H]1C(=O)NC(CC(C)CC)C(=O)C(N)=O)C(C)(C)C. The highest BCUT2D eigenvalue weighted by Gasteiger charge is 2.43. The van der Waals surface area contributed by atoms with Gasteiger partial charge in [0, 0.05) is 33.9 Å². The Balaban J connectivity index is 3.09. The molecule has 1 rings (SSSR count). The van der Waals surface area contributed by atoms with E-state index in [4.69, 9.17) is 5.73 Å². The van der Waals surface area contributed by atoms with Crippen LogP contribution in [0.3, 0.4) is 0 Å². The second kappa shape index (κ2) is 15.7. The number of urea groups is 1. The molecule has 5 unspecified atom stereocenters. The fourth-order valence-corrected chi connectivity index (χ4v) is 5.81. The zero-order valence-corrected chi connectivity index (χ0v) is 27.2. The van der Waals surface area contributed by atoms with Crippen LogP contribution in [0.2, 0.25) is 0 Å². The van der Waals surface area contributed by atoms with E-state index in [1.54, 1.807) is 0 Å². The van der Waals surface area contributed by atoms with Gasteiger partial charge in [0.15, 0.2) is 0 Å². The summed E-state index contributed by atoms with van der Waals surface area (Å²) in [6.45, 7) is 17.3. The van der Waals surface area contributed by atoms with Crippen LogP contribution in [-0.2, 0) is 30.0 Å². The van der Waals surface area contributed by atoms with Crippen molar-refractivity contribution in [2.75, 3.05) is 12.3 Å². The highest BCUT2D eigenvalue weighted by Crippen LogP contribution is 2.26. The number of Topliss-reactive ketones (excluding diaryl/α,β-unsaturated/α-hetero) is 1. The molecule has 236 valence electrons. The van der Waals surface area contributed by atoms with E-state index in [0.717, 1.165) is 12.8 Å². The topological polar surface area (TPSA) is 168 Å². The third-order valence-corrected chi connectivity index (χ3v) is 9.52. The number of hydrogen-bond acceptors (Lipinski definition) is 6. The zero-order valence-electron chi connectivity index (χ0n) is 26.4. The van der Waals surface area contributed by atoms with Crippen molar-refractivity contribution >= 4 is 40.3 Å². The van der Waals surface area contributed by atoms with Crippen molar-refractivity contribution < 1.29 is 28.2 Å². The van der Waals surface area contributed by atoms with Gasteiger partial charge in [0.2, 0.25) is 17.6 Å². The first-order valence-electron chi connectivity index (χ1n) is 14.7. The lowest BCUT2D eigenvalue weighted by Crippen LogP contribution is -2.60. The largest absolute Gasteiger partial charge is 0.363 e. The summed E-state index contributed by atoms with van der Waals surface area (Å²) < 4.78 is 12.3. The van der Waals surface area contributed by atoms with E-state index in [2.05, 4.69) is 16.0 Å². The highest BCUT2D eigenvalue weighted by atomic mass is 32.2. The van der Waals surface area contributed by atoms with Crippen LogP contribution in [-0.4, -0.2) is 79.9 Å². The van der Waals surface area contributed by atoms with Crippen LogP contribution in [0.5, 0.6) is 0 Å². The summed E-state index contributed by atoms with van der Waals surface area (Å²) in [5.74, 6) is -2.55. The van der Waals surface area contributed by atoms with Crippen molar-refractivity contribution in [1.29, 1.82) is 0 Å². The molecule has 1 aliphatic rings. The third-order valence-electron chi connectivity index (χ3n) is 7.45. The minimum atomic E-state index is -1.17. The van der Waals surface area contributed by atoms with Gasteiger partial charge >= 0.3 is 6.03 Å². The number of nitrogens with two attached hydrogens (primary N) is 1. The molecule has 5 N–H and O–H groups in total. The lowest BCUT2D eigenvalue weighted by molar-refractivity contribution is -0.143. The summed E-state index contributed by atoms with van der Waals surface area (Å²) in [5.41, 5.74) is 4.54. The molecular weight excluding hydrogens is 546 g/mol. The Morgan fingerprint density at radius 1 is 1.00 bits per heavy atom. The molecule has 1 fully saturated rings. The number of amides is 5. The van der Waals surface area contributed by atoms with Gasteiger partial charge in [-0.25, -0.2) is 4.79 Å². The summed E-state index contributed by atoms with van der Waals surface area (Å²) in [7, 11) is -1.17. The lowest BCUT2D eigenvalue weighted by atomic mass is 9.85. The van der Waals surface area contributed by atoms with Crippen LogP contribution in [0, 0.1) is 11.3 Å². The first kappa shape index (κ1) is 36.5. The van der Waals surface area contributed by atoms with E-state index in [1.807, 2.05) is 62.3 Å². The molecule has 0 aromatic rings. The first-order valence-corrected chi connectivity index (χ1v) is 16.0. The number of carbonyl (C=O) groups is 5. The molecule has 6 atom stereocenters. The van der Waals surface area contributed by atoms with Gasteiger partial charge in [-0.1, -0.05) is 54.4 Å². The average Bonchev–Trinajstić information content (AvgIpc) is 3.35. The van der Waals surface area contributed by atoms with Gasteiger partial charge in [-0.2, -0.15) is 0 Å². The zero-order chi connectivity index (χ0) is 31.7. The quantitative estimate of drug-likeness (QED) is 0.224. The van der Waals surface area contributed by atoms with Gasteiger partial charge in [-0.15, -0.1) is 0 Å². The molecule has 0 saturated carbocycles. The number of rotatable bonds is 14. The maximum absolute atomic E-state index is 13.8. The molecular formula is C29H53N5O6S. The number of nitrogens with one attached hydrogen (secondary N) is 3. The number of nitrogens with zero attached hydrogens (tertiary/aromatic N) is 1. The molecule has 1 heterocycles. The molecule has 0 aromatic carbocycles. The van der Waals surface area contributed by atoms with Crippen molar-refractivity contribution in [1.82, 2.24) is 20.9 Å². The van der Waals surface area contributed by atoms with Crippen LogP contribution < -0.4 is 21.7 Å². The molecule has 0 radical (unpaired) electrons. The van der Waals surface area contributed by atoms with E-state index in [0.29, 0.717) is 31.6 Å². The van der Waals surface area contributed by atoms with Gasteiger partial charge in [0.25, 0.3) is 5.91 Å². The summed E-state index contributed by atoms with van der Waals surface area (Å²) in [4.78, 5) is 65.8. The molecule has 1 aliphatic heterocycles. The number of ketones is 1. The number of primary amides is 1. The van der Waals surface area contributed by atoms with Crippen molar-refractivity contribution in [3.63, 3.8) is 0 Å². The van der Waals surface area contributed by atoms with Gasteiger partial charge < -0.3 is 26.6 Å². The summed E-state index contributed by atoms with van der Waals surface area (Å²) in [5, 5.41) is 8.38. The molecule has 11 nitrogen and oxygen atoms in total. The standard InChI is InChI=1S/C29H53N5O6S/c1-10-13-19(17-41(40)29(7,8)9)31-27(39)33-23(28(4,5)6)26(38)34-15-12-14-21(34)25(37)32-20(16-18(3)11-2)22(35)24(30)36/h18-21,23H,10-17H2,1-9H3,(H2,30,36)(H,32,37)(H2,31,33,39)/t18?,19?,20?,21-,23?,41?/m0/s1. The lowest BCUT2D eigenvalue weighted by Gasteiger charge is -2.36. The molecule has 0 aromatic heterocycles. The third kappa shape index (κ3) is 11.4. The number of likely N-dealkylation sites (tertiary alicyclic amines) is 1. The maximum atomic E-state index is 13.8. The Kier molecular flexibility index (Phi) is 13.9. The molecule has 41 heavy (non-hydrogen) atoms. The number of hydrogen-bond donors (Lipinski definition) is 4. The van der Waals surface area contributed by atoms with Crippen molar-refractivity contribution in [3.8, 4) is 0 Å². The first-order chi connectivity index (χ1) is 18.8. The highest BCUT2D eigenvalue weighted by molar-refractivity contribution is 7.86. The Morgan fingerprint density at radius 2 is 1.61 bits per heavy atom. The Labute approximate surface area is 248 Å². The Bertz CT molecular complexity index is 974. The predicted octanol–water partition coefficient (Wildman–Crippen LogP) is 2.38. The fourth-order valence-electron chi connectivity index (χ4n) is 4.69. The molecule has 0 spiro atoms. The van der Waals surface area contributed by atoms with Crippen LogP contribution in [0.1, 0.15) is 101 Å². The molecule has 12 heteroatoms. The van der Waals surface area contributed by atoms with E-state index in [1.165, 1.54) is 4.90 Å². The average molecular weight is 600 g/mol. The van der Waals surface area contributed by atoms with Crippen molar-refractivity contribution in [2.45, 2.75) is 130 Å². The molecule has 5 amide bonds. The van der Waals surface area contributed by atoms with Crippen LogP contribution in [0.4, 0.5) is 4.79 Å². The predicted molar refractivity (Wildman–Crippen MR) is 161 cm³/mol. The van der Waals surface area contributed by atoms with Crippen molar-refractivity contribution in [2.24, 2.45) is 17.1 Å². The van der Waals surface area contributed by atoms with Gasteiger partial charge in [0.05, 0.1) is 6.04 Å². The Hall–Kier alpha value is -2.50. The number of carbonyl (C=O) groups excluding carboxylic acids is 5. The van der Waals surface area contributed by atoms with Crippen LogP contribution in [0.15, 0.2) is 0 Å². The minimum absolute atomic E-state index is 0.0651. The summed E-state index contributed by atoms with van der Waals surface area (Å²) in [6.07, 6.45) is 3.39. The molecule has 0 bridgehead atoms. The van der Waals surface area contributed by atoms with Crippen LogP contribution in [0.25, 0.3) is 0 Å². The monoisotopic (exact) mass is 599 g/mol. The van der Waals surface area contributed by atoms with E-state index < -0.39 is 68.6 Å². The van der Waals surface area contributed by atoms with E-state index >= 15 is 0 Å². The second-order valence-electron chi connectivity index (χ2n) is 13.3. The van der Waals surface area contributed by atoms with Gasteiger partial charge in [0.1, 0.15) is 12.1 Å². The molecule has 0 aliphatic carbocycles. The normalized spacial score (nSPS) is 19.4. The van der Waals surface area contributed by atoms with Crippen molar-refractivity contribution in [3.05, 3.63) is 0 Å².